The molecule has 92 valence electrons. The van der Waals surface area contributed by atoms with Crippen molar-refractivity contribution in [1.29, 1.82) is 0 Å². The van der Waals surface area contributed by atoms with Gasteiger partial charge in [0.1, 0.15) is 0 Å². The van der Waals surface area contributed by atoms with Crippen molar-refractivity contribution in [3.63, 3.8) is 0 Å². The van der Waals surface area contributed by atoms with E-state index in [0.717, 1.165) is 30.3 Å². The maximum atomic E-state index is 12.0. The van der Waals surface area contributed by atoms with E-state index in [1.54, 1.807) is 6.20 Å². The number of urea groups is 1. The van der Waals surface area contributed by atoms with E-state index in [2.05, 4.69) is 10.3 Å². The Labute approximate surface area is 106 Å². The Hall–Kier alpha value is -1.23. The van der Waals surface area contributed by atoms with Gasteiger partial charge < -0.3 is 10.2 Å². The third kappa shape index (κ3) is 3.36. The van der Waals surface area contributed by atoms with E-state index in [-0.39, 0.29) is 12.1 Å². The highest BCUT2D eigenvalue weighted by Crippen LogP contribution is 2.12. The van der Waals surface area contributed by atoms with Gasteiger partial charge in [0, 0.05) is 30.8 Å². The van der Waals surface area contributed by atoms with Gasteiger partial charge in [-0.15, -0.1) is 0 Å². The van der Waals surface area contributed by atoms with E-state index in [1.807, 2.05) is 41.8 Å². The minimum Gasteiger partial charge on any atom is -0.330 e. The van der Waals surface area contributed by atoms with Crippen molar-refractivity contribution in [2.75, 3.05) is 24.6 Å². The van der Waals surface area contributed by atoms with Gasteiger partial charge in [0.15, 0.2) is 0 Å². The van der Waals surface area contributed by atoms with E-state index in [0.29, 0.717) is 0 Å². The molecule has 1 aliphatic rings. The average molecular weight is 251 g/mol. The van der Waals surface area contributed by atoms with Crippen LogP contribution in [-0.2, 0) is 0 Å². The van der Waals surface area contributed by atoms with Crippen molar-refractivity contribution in [3.8, 4) is 0 Å². The molecule has 1 saturated heterocycles. The maximum Gasteiger partial charge on any atom is 0.317 e. The van der Waals surface area contributed by atoms with Crippen molar-refractivity contribution in [1.82, 2.24) is 15.2 Å². The Morgan fingerprint density at radius 1 is 1.47 bits per heavy atom. The lowest BCUT2D eigenvalue weighted by Gasteiger charge is -2.28. The number of hydrogen-bond acceptors (Lipinski definition) is 3. The molecule has 1 N–H and O–H groups in total. The lowest BCUT2D eigenvalue weighted by Crippen LogP contribution is -2.45. The van der Waals surface area contributed by atoms with Crippen molar-refractivity contribution in [3.05, 3.63) is 30.1 Å². The topological polar surface area (TPSA) is 45.2 Å². The number of nitrogens with zero attached hydrogens (tertiary/aromatic N) is 2. The number of rotatable bonds is 2. The Balaban J connectivity index is 1.89. The van der Waals surface area contributed by atoms with Crippen LogP contribution in [0.25, 0.3) is 0 Å². The summed E-state index contributed by atoms with van der Waals surface area (Å²) in [5.74, 6) is 2.07. The van der Waals surface area contributed by atoms with Crippen molar-refractivity contribution in [2.24, 2.45) is 0 Å². The molecule has 1 aromatic rings. The fourth-order valence-corrected chi connectivity index (χ4v) is 2.65. The minimum atomic E-state index is -0.0433. The van der Waals surface area contributed by atoms with Crippen molar-refractivity contribution < 1.29 is 4.79 Å². The molecule has 0 saturated carbocycles. The second-order valence-corrected chi connectivity index (χ2v) is 5.25. The SMILES string of the molecule is CC(NC(=O)N1CCSCC1)c1ccccn1. The number of nitrogens with one attached hydrogen (secondary N) is 1. The van der Waals surface area contributed by atoms with Crippen LogP contribution in [0.15, 0.2) is 24.4 Å². The van der Waals surface area contributed by atoms with Crippen LogP contribution in [0.5, 0.6) is 0 Å². The largest absolute Gasteiger partial charge is 0.330 e. The normalized spacial score (nSPS) is 17.6. The Morgan fingerprint density at radius 3 is 2.88 bits per heavy atom. The molecule has 2 rings (SSSR count). The van der Waals surface area contributed by atoms with Gasteiger partial charge in [0.05, 0.1) is 11.7 Å². The summed E-state index contributed by atoms with van der Waals surface area (Å²) in [5.41, 5.74) is 0.896. The summed E-state index contributed by atoms with van der Waals surface area (Å²) in [6, 6.07) is 5.71. The van der Waals surface area contributed by atoms with Crippen LogP contribution in [0.4, 0.5) is 4.79 Å². The molecule has 2 amide bonds. The Morgan fingerprint density at radius 2 is 2.24 bits per heavy atom. The number of pyridine rings is 1. The molecule has 1 fully saturated rings. The monoisotopic (exact) mass is 251 g/mol. The van der Waals surface area contributed by atoms with Crippen LogP contribution in [-0.4, -0.2) is 40.5 Å². The Bertz CT molecular complexity index is 365. The van der Waals surface area contributed by atoms with E-state index < -0.39 is 0 Å². The second-order valence-electron chi connectivity index (χ2n) is 4.03. The minimum absolute atomic E-state index is 0.0171. The van der Waals surface area contributed by atoms with Gasteiger partial charge in [0.25, 0.3) is 0 Å². The number of hydrogen-bond donors (Lipinski definition) is 1. The molecule has 2 heterocycles. The first-order valence-corrected chi connectivity index (χ1v) is 6.97. The molecule has 0 radical (unpaired) electrons. The fraction of sp³-hybridized carbons (Fsp3) is 0.500. The van der Waals surface area contributed by atoms with E-state index in [4.69, 9.17) is 0 Å². The van der Waals surface area contributed by atoms with Crippen LogP contribution < -0.4 is 5.32 Å². The fourth-order valence-electron chi connectivity index (χ4n) is 1.75. The summed E-state index contributed by atoms with van der Waals surface area (Å²) in [4.78, 5) is 18.1. The lowest BCUT2D eigenvalue weighted by molar-refractivity contribution is 0.199. The second kappa shape index (κ2) is 5.91. The van der Waals surface area contributed by atoms with Crippen LogP contribution in [0, 0.1) is 0 Å². The third-order valence-corrected chi connectivity index (χ3v) is 3.71. The highest BCUT2D eigenvalue weighted by molar-refractivity contribution is 7.99. The van der Waals surface area contributed by atoms with Crippen LogP contribution >= 0.6 is 11.8 Å². The average Bonchev–Trinajstić information content (AvgIpc) is 2.40. The molecular formula is C12H17N3OS. The molecule has 0 aromatic carbocycles. The molecule has 17 heavy (non-hydrogen) atoms. The number of thioether (sulfide) groups is 1. The van der Waals surface area contributed by atoms with Gasteiger partial charge in [-0.25, -0.2) is 4.79 Å². The number of aromatic nitrogens is 1. The van der Waals surface area contributed by atoms with Gasteiger partial charge in [-0.1, -0.05) is 6.07 Å². The smallest absolute Gasteiger partial charge is 0.317 e. The summed E-state index contributed by atoms with van der Waals surface area (Å²) in [6.45, 7) is 3.63. The summed E-state index contributed by atoms with van der Waals surface area (Å²) < 4.78 is 0. The lowest BCUT2D eigenvalue weighted by atomic mass is 10.2. The van der Waals surface area contributed by atoms with Gasteiger partial charge in [0.2, 0.25) is 0 Å². The Kier molecular flexibility index (Phi) is 4.25. The molecule has 1 aliphatic heterocycles. The quantitative estimate of drug-likeness (QED) is 0.873. The zero-order chi connectivity index (χ0) is 12.1. The molecule has 0 spiro atoms. The summed E-state index contributed by atoms with van der Waals surface area (Å²) in [5, 5.41) is 2.98. The van der Waals surface area contributed by atoms with E-state index in [1.165, 1.54) is 0 Å². The maximum absolute atomic E-state index is 12.0. The van der Waals surface area contributed by atoms with E-state index in [9.17, 15) is 4.79 Å². The first kappa shape index (κ1) is 12.2. The zero-order valence-corrected chi connectivity index (χ0v) is 10.7. The van der Waals surface area contributed by atoms with Crippen molar-refractivity contribution >= 4 is 17.8 Å². The molecular weight excluding hydrogens is 234 g/mol. The number of amides is 2. The molecule has 0 bridgehead atoms. The highest BCUT2D eigenvalue weighted by Gasteiger charge is 2.18. The first-order chi connectivity index (χ1) is 8.27. The summed E-state index contributed by atoms with van der Waals surface area (Å²) >= 11 is 1.90. The molecule has 4 nitrogen and oxygen atoms in total. The first-order valence-electron chi connectivity index (χ1n) is 5.81. The van der Waals surface area contributed by atoms with Gasteiger partial charge in [-0.3, -0.25) is 4.98 Å². The molecule has 1 atom stereocenters. The predicted octanol–water partition coefficient (Wildman–Crippen LogP) is 1.90. The third-order valence-electron chi connectivity index (χ3n) is 2.77. The number of carbonyl (C=O) groups excluding carboxylic acids is 1. The summed E-state index contributed by atoms with van der Waals surface area (Å²) in [7, 11) is 0. The van der Waals surface area contributed by atoms with E-state index >= 15 is 0 Å². The van der Waals surface area contributed by atoms with Crippen LogP contribution in [0.1, 0.15) is 18.7 Å². The van der Waals surface area contributed by atoms with Crippen LogP contribution in [0.2, 0.25) is 0 Å². The molecule has 1 aromatic heterocycles. The zero-order valence-electron chi connectivity index (χ0n) is 9.93. The van der Waals surface area contributed by atoms with Gasteiger partial charge in [-0.05, 0) is 19.1 Å². The number of carbonyl (C=O) groups is 1. The molecule has 5 heteroatoms. The van der Waals surface area contributed by atoms with Crippen LogP contribution in [0.3, 0.4) is 0 Å². The van der Waals surface area contributed by atoms with Crippen molar-refractivity contribution in [2.45, 2.75) is 13.0 Å². The standard InChI is InChI=1S/C12H17N3OS/c1-10(11-4-2-3-5-13-11)14-12(16)15-6-8-17-9-7-15/h2-5,10H,6-9H2,1H3,(H,14,16). The molecule has 0 aliphatic carbocycles. The molecule has 1 unspecified atom stereocenters. The van der Waals surface area contributed by atoms with Gasteiger partial charge >= 0.3 is 6.03 Å². The summed E-state index contributed by atoms with van der Waals surface area (Å²) in [6.07, 6.45) is 1.75. The highest BCUT2D eigenvalue weighted by atomic mass is 32.2. The van der Waals surface area contributed by atoms with Gasteiger partial charge in [-0.2, -0.15) is 11.8 Å². The predicted molar refractivity (Wildman–Crippen MR) is 70.1 cm³/mol.